The summed E-state index contributed by atoms with van der Waals surface area (Å²) in [5, 5.41) is 2.81. The minimum atomic E-state index is -0.257. The van der Waals surface area contributed by atoms with E-state index in [0.29, 0.717) is 12.6 Å². The van der Waals surface area contributed by atoms with Gasteiger partial charge >= 0.3 is 6.09 Å². The fraction of sp³-hybridized carbons (Fsp3) is 0.923. The molecular formula is C13H26N2O2. The van der Waals surface area contributed by atoms with Crippen molar-refractivity contribution >= 4 is 6.09 Å². The normalized spacial score (nSPS) is 23.7. The maximum Gasteiger partial charge on any atom is 0.407 e. The number of ether oxygens (including phenoxy) is 1. The Balaban J connectivity index is 0.000000686. The van der Waals surface area contributed by atoms with Crippen LogP contribution in [0.4, 0.5) is 4.79 Å². The Morgan fingerprint density at radius 1 is 1.29 bits per heavy atom. The highest BCUT2D eigenvalue weighted by atomic mass is 16.6. The molecule has 0 atom stereocenters. The maximum absolute atomic E-state index is 10.9. The molecule has 0 aliphatic carbocycles. The first-order valence-corrected chi connectivity index (χ1v) is 6.76. The summed E-state index contributed by atoms with van der Waals surface area (Å²) in [4.78, 5) is 13.4. The highest BCUT2D eigenvalue weighted by molar-refractivity contribution is 5.68. The molecule has 0 saturated carbocycles. The summed E-state index contributed by atoms with van der Waals surface area (Å²) in [7, 11) is 0. The second-order valence-corrected chi connectivity index (χ2v) is 5.06. The van der Waals surface area contributed by atoms with Crippen molar-refractivity contribution in [1.29, 1.82) is 0 Å². The van der Waals surface area contributed by atoms with E-state index >= 15 is 0 Å². The third kappa shape index (κ3) is 3.60. The van der Waals surface area contributed by atoms with Gasteiger partial charge in [-0.1, -0.05) is 13.8 Å². The lowest BCUT2D eigenvalue weighted by atomic mass is 9.78. The highest BCUT2D eigenvalue weighted by Crippen LogP contribution is 2.33. The quantitative estimate of drug-likeness (QED) is 0.766. The fourth-order valence-electron chi connectivity index (χ4n) is 2.42. The number of carbonyl (C=O) groups excluding carboxylic acids is 1. The minimum Gasteiger partial charge on any atom is -0.449 e. The molecule has 2 fully saturated rings. The van der Waals surface area contributed by atoms with E-state index in [0.717, 1.165) is 32.5 Å². The van der Waals surface area contributed by atoms with Gasteiger partial charge in [0.2, 0.25) is 0 Å². The average Bonchev–Trinajstić information content (AvgIpc) is 2.36. The number of amides is 1. The SMILES string of the molecule is CC.CC(C)N1CCC2(CC1)CNC(=O)OC2. The van der Waals surface area contributed by atoms with Gasteiger partial charge in [-0.05, 0) is 39.8 Å². The zero-order valence-corrected chi connectivity index (χ0v) is 11.6. The van der Waals surface area contributed by atoms with Gasteiger partial charge in [-0.25, -0.2) is 4.79 Å². The molecule has 0 aromatic carbocycles. The maximum atomic E-state index is 10.9. The molecule has 0 aromatic rings. The molecule has 1 N–H and O–H groups in total. The number of hydrogen-bond donors (Lipinski definition) is 1. The number of carbonyl (C=O) groups is 1. The van der Waals surface area contributed by atoms with Crippen LogP contribution in [0.2, 0.25) is 0 Å². The topological polar surface area (TPSA) is 41.6 Å². The second-order valence-electron chi connectivity index (χ2n) is 5.06. The lowest BCUT2D eigenvalue weighted by Gasteiger charge is -2.44. The van der Waals surface area contributed by atoms with Crippen LogP contribution in [0.1, 0.15) is 40.5 Å². The van der Waals surface area contributed by atoms with Crippen LogP contribution >= 0.6 is 0 Å². The highest BCUT2D eigenvalue weighted by Gasteiger charge is 2.39. The number of likely N-dealkylation sites (tertiary alicyclic amines) is 1. The number of hydrogen-bond acceptors (Lipinski definition) is 3. The Labute approximate surface area is 105 Å². The van der Waals surface area contributed by atoms with E-state index in [1.54, 1.807) is 0 Å². The zero-order valence-electron chi connectivity index (χ0n) is 11.6. The molecule has 1 spiro atoms. The lowest BCUT2D eigenvalue weighted by Crippen LogP contribution is -2.53. The lowest BCUT2D eigenvalue weighted by molar-refractivity contribution is 0.0000849. The summed E-state index contributed by atoms with van der Waals surface area (Å²) in [6.45, 7) is 12.1. The van der Waals surface area contributed by atoms with Crippen LogP contribution in [0.25, 0.3) is 0 Å². The van der Waals surface area contributed by atoms with Crippen molar-refractivity contribution in [3.63, 3.8) is 0 Å². The molecule has 2 heterocycles. The number of cyclic esters (lactones) is 1. The van der Waals surface area contributed by atoms with Gasteiger partial charge in [0, 0.05) is 18.0 Å². The van der Waals surface area contributed by atoms with Crippen LogP contribution in [-0.2, 0) is 4.74 Å². The minimum absolute atomic E-state index is 0.208. The van der Waals surface area contributed by atoms with Gasteiger partial charge in [-0.2, -0.15) is 0 Å². The van der Waals surface area contributed by atoms with Crippen molar-refractivity contribution in [2.24, 2.45) is 5.41 Å². The first-order valence-electron chi connectivity index (χ1n) is 6.76. The van der Waals surface area contributed by atoms with E-state index in [9.17, 15) is 4.79 Å². The monoisotopic (exact) mass is 242 g/mol. The zero-order chi connectivity index (χ0) is 12.9. The predicted molar refractivity (Wildman–Crippen MR) is 69.1 cm³/mol. The van der Waals surface area contributed by atoms with Crippen molar-refractivity contribution in [1.82, 2.24) is 10.2 Å². The Kier molecular flexibility index (Phi) is 5.25. The Morgan fingerprint density at radius 2 is 1.88 bits per heavy atom. The molecule has 0 aromatic heterocycles. The van der Waals surface area contributed by atoms with E-state index in [-0.39, 0.29) is 11.5 Å². The van der Waals surface area contributed by atoms with Crippen LogP contribution in [0.5, 0.6) is 0 Å². The number of alkyl carbamates (subject to hydrolysis) is 1. The molecule has 2 saturated heterocycles. The largest absolute Gasteiger partial charge is 0.449 e. The third-order valence-corrected chi connectivity index (χ3v) is 3.71. The van der Waals surface area contributed by atoms with Gasteiger partial charge in [0.05, 0.1) is 0 Å². The molecular weight excluding hydrogens is 216 g/mol. The van der Waals surface area contributed by atoms with Crippen molar-refractivity contribution in [3.8, 4) is 0 Å². The third-order valence-electron chi connectivity index (χ3n) is 3.71. The van der Waals surface area contributed by atoms with Crippen LogP contribution in [-0.4, -0.2) is 43.3 Å². The van der Waals surface area contributed by atoms with Gasteiger partial charge in [-0.15, -0.1) is 0 Å². The first kappa shape index (κ1) is 14.3. The fourth-order valence-corrected chi connectivity index (χ4v) is 2.42. The summed E-state index contributed by atoms with van der Waals surface area (Å²) in [5.74, 6) is 0. The van der Waals surface area contributed by atoms with Crippen LogP contribution in [0.3, 0.4) is 0 Å². The average molecular weight is 242 g/mol. The van der Waals surface area contributed by atoms with Gasteiger partial charge in [0.15, 0.2) is 0 Å². The standard InChI is InChI=1S/C11H20N2O2.C2H6/c1-9(2)13-5-3-11(4-6-13)7-12-10(14)15-8-11;1-2/h9H,3-8H2,1-2H3,(H,12,14);1-2H3. The molecule has 4 heteroatoms. The van der Waals surface area contributed by atoms with E-state index in [4.69, 9.17) is 4.74 Å². The molecule has 4 nitrogen and oxygen atoms in total. The van der Waals surface area contributed by atoms with Crippen molar-refractivity contribution in [2.45, 2.75) is 46.6 Å². The Hall–Kier alpha value is -0.770. The van der Waals surface area contributed by atoms with Gasteiger partial charge < -0.3 is 15.0 Å². The summed E-state index contributed by atoms with van der Waals surface area (Å²) in [5.41, 5.74) is 0.208. The summed E-state index contributed by atoms with van der Waals surface area (Å²) < 4.78 is 5.10. The van der Waals surface area contributed by atoms with Gasteiger partial charge in [-0.3, -0.25) is 0 Å². The summed E-state index contributed by atoms with van der Waals surface area (Å²) in [6, 6.07) is 0.626. The molecule has 0 bridgehead atoms. The molecule has 0 unspecified atom stereocenters. The predicted octanol–water partition coefficient (Wildman–Crippen LogP) is 2.24. The van der Waals surface area contributed by atoms with E-state index in [1.165, 1.54) is 0 Å². The van der Waals surface area contributed by atoms with Crippen molar-refractivity contribution < 1.29 is 9.53 Å². The molecule has 2 aliphatic rings. The molecule has 1 amide bonds. The number of rotatable bonds is 1. The molecule has 100 valence electrons. The first-order chi connectivity index (χ1) is 8.11. The van der Waals surface area contributed by atoms with Crippen molar-refractivity contribution in [3.05, 3.63) is 0 Å². The van der Waals surface area contributed by atoms with Crippen molar-refractivity contribution in [2.75, 3.05) is 26.2 Å². The smallest absolute Gasteiger partial charge is 0.407 e. The van der Waals surface area contributed by atoms with Crippen LogP contribution in [0.15, 0.2) is 0 Å². The molecule has 2 rings (SSSR count). The van der Waals surface area contributed by atoms with Crippen LogP contribution in [0, 0.1) is 5.41 Å². The van der Waals surface area contributed by atoms with E-state index in [1.807, 2.05) is 13.8 Å². The van der Waals surface area contributed by atoms with Crippen LogP contribution < -0.4 is 5.32 Å². The molecule has 17 heavy (non-hydrogen) atoms. The molecule has 2 aliphatic heterocycles. The number of nitrogens with one attached hydrogen (secondary N) is 1. The Morgan fingerprint density at radius 3 is 2.29 bits per heavy atom. The molecule has 0 radical (unpaired) electrons. The summed E-state index contributed by atoms with van der Waals surface area (Å²) in [6.07, 6.45) is 2.00. The Bertz CT molecular complexity index is 234. The van der Waals surface area contributed by atoms with Gasteiger partial charge in [0.1, 0.15) is 6.61 Å². The van der Waals surface area contributed by atoms with Gasteiger partial charge in [0.25, 0.3) is 0 Å². The number of piperidine rings is 1. The van der Waals surface area contributed by atoms with E-state index < -0.39 is 0 Å². The van der Waals surface area contributed by atoms with E-state index in [2.05, 4.69) is 24.1 Å². The second kappa shape index (κ2) is 6.24. The summed E-state index contributed by atoms with van der Waals surface area (Å²) >= 11 is 0. The number of nitrogens with zero attached hydrogens (tertiary/aromatic N) is 1.